The van der Waals surface area contributed by atoms with Gasteiger partial charge in [0.2, 0.25) is 0 Å². The van der Waals surface area contributed by atoms with Crippen LogP contribution in [0, 0.1) is 5.92 Å². The summed E-state index contributed by atoms with van der Waals surface area (Å²) in [6, 6.07) is 0. The Hall–Kier alpha value is -0.110. The second kappa shape index (κ2) is 5.83. The Kier molecular flexibility index (Phi) is 4.42. The van der Waals surface area contributed by atoms with E-state index in [-0.39, 0.29) is 0 Å². The molecule has 0 aromatic carbocycles. The van der Waals surface area contributed by atoms with Crippen LogP contribution in [0.2, 0.25) is 0 Å². The second-order valence-corrected chi connectivity index (χ2v) is 5.95. The summed E-state index contributed by atoms with van der Waals surface area (Å²) in [6.07, 6.45) is 10.5. The minimum atomic E-state index is 0.422. The minimum absolute atomic E-state index is 0.422. The predicted molar refractivity (Wildman–Crippen MR) is 67.1 cm³/mol. The average Bonchev–Trinajstić information content (AvgIpc) is 2.80. The van der Waals surface area contributed by atoms with Crippen molar-refractivity contribution in [2.24, 2.45) is 5.92 Å². The summed E-state index contributed by atoms with van der Waals surface area (Å²) in [5, 5.41) is 0. The number of hydrogen-bond acceptors (Lipinski definition) is 2. The van der Waals surface area contributed by atoms with Crippen LogP contribution in [0.1, 0.15) is 45.4 Å². The molecule has 2 heteroatoms. The van der Waals surface area contributed by atoms with E-state index in [0.717, 1.165) is 5.92 Å². The average molecular weight is 226 g/mol. The van der Waals surface area contributed by atoms with E-state index in [9.17, 15) is 0 Å². The zero-order valence-electron chi connectivity index (χ0n) is 9.71. The summed E-state index contributed by atoms with van der Waals surface area (Å²) in [7, 11) is 0. The van der Waals surface area contributed by atoms with Crippen molar-refractivity contribution in [3.63, 3.8) is 0 Å². The van der Waals surface area contributed by atoms with Gasteiger partial charge in [-0.05, 0) is 62.5 Å². The Morgan fingerprint density at radius 3 is 2.80 bits per heavy atom. The molecule has 1 saturated heterocycles. The van der Waals surface area contributed by atoms with Gasteiger partial charge in [0, 0.05) is 5.92 Å². The third-order valence-corrected chi connectivity index (χ3v) is 4.80. The zero-order chi connectivity index (χ0) is 10.5. The Labute approximate surface area is 97.7 Å². The smallest absolute Gasteiger partial charge is 0.0986 e. The van der Waals surface area contributed by atoms with Gasteiger partial charge in [0.05, 0.1) is 12.4 Å². The molecule has 86 valence electrons. The molecule has 0 radical (unpaired) electrons. The molecule has 0 aromatic rings. The van der Waals surface area contributed by atoms with Crippen molar-refractivity contribution < 1.29 is 4.74 Å². The molecular weight excluding hydrogens is 204 g/mol. The first-order valence-electron chi connectivity index (χ1n) is 6.27. The van der Waals surface area contributed by atoms with Gasteiger partial charge in [-0.2, -0.15) is 11.8 Å². The van der Waals surface area contributed by atoms with Crippen LogP contribution >= 0.6 is 11.8 Å². The molecule has 1 nitrogen and oxygen atoms in total. The molecule has 2 fully saturated rings. The highest BCUT2D eigenvalue weighted by molar-refractivity contribution is 7.99. The Morgan fingerprint density at radius 2 is 2.13 bits per heavy atom. The van der Waals surface area contributed by atoms with Gasteiger partial charge < -0.3 is 4.74 Å². The monoisotopic (exact) mass is 226 g/mol. The van der Waals surface area contributed by atoms with Crippen LogP contribution in [0.15, 0.2) is 11.8 Å². The molecule has 0 amide bonds. The highest BCUT2D eigenvalue weighted by Crippen LogP contribution is 2.28. The van der Waals surface area contributed by atoms with Crippen molar-refractivity contribution in [2.45, 2.75) is 51.6 Å². The lowest BCUT2D eigenvalue weighted by atomic mass is 10.00. The van der Waals surface area contributed by atoms with E-state index in [1.54, 1.807) is 0 Å². The van der Waals surface area contributed by atoms with Crippen LogP contribution < -0.4 is 0 Å². The standard InChI is InChI=1S/C13H22OS/c1-11(13-7-4-8-15-10-13)14-9-12-5-2-3-6-12/h9,11,13H,2-8,10H2,1H3. The molecule has 1 aliphatic carbocycles. The van der Waals surface area contributed by atoms with E-state index in [4.69, 9.17) is 4.74 Å². The van der Waals surface area contributed by atoms with Gasteiger partial charge in [0.1, 0.15) is 0 Å². The first-order valence-corrected chi connectivity index (χ1v) is 7.43. The van der Waals surface area contributed by atoms with Gasteiger partial charge in [-0.25, -0.2) is 0 Å². The molecule has 0 aromatic heterocycles. The van der Waals surface area contributed by atoms with E-state index in [2.05, 4.69) is 24.9 Å². The van der Waals surface area contributed by atoms with E-state index >= 15 is 0 Å². The van der Waals surface area contributed by atoms with Gasteiger partial charge in [-0.1, -0.05) is 0 Å². The van der Waals surface area contributed by atoms with Crippen molar-refractivity contribution in [3.8, 4) is 0 Å². The van der Waals surface area contributed by atoms with Crippen LogP contribution in [-0.2, 0) is 4.74 Å². The van der Waals surface area contributed by atoms with Crippen LogP contribution in [0.5, 0.6) is 0 Å². The fraction of sp³-hybridized carbons (Fsp3) is 0.846. The van der Waals surface area contributed by atoms with Gasteiger partial charge >= 0.3 is 0 Å². The third-order valence-electron chi connectivity index (χ3n) is 3.55. The van der Waals surface area contributed by atoms with Gasteiger partial charge in [0.25, 0.3) is 0 Å². The number of ether oxygens (including phenoxy) is 1. The summed E-state index contributed by atoms with van der Waals surface area (Å²) in [4.78, 5) is 0. The van der Waals surface area contributed by atoms with Crippen molar-refractivity contribution in [2.75, 3.05) is 11.5 Å². The number of thioether (sulfide) groups is 1. The van der Waals surface area contributed by atoms with Crippen LogP contribution in [0.25, 0.3) is 0 Å². The summed E-state index contributed by atoms with van der Waals surface area (Å²) in [6.45, 7) is 2.24. The van der Waals surface area contributed by atoms with Gasteiger partial charge in [-0.3, -0.25) is 0 Å². The molecule has 2 unspecified atom stereocenters. The third kappa shape index (κ3) is 3.44. The van der Waals surface area contributed by atoms with E-state index in [0.29, 0.717) is 6.10 Å². The normalized spacial score (nSPS) is 28.9. The SMILES string of the molecule is CC(OC=C1CCCC1)C1CCCSC1. The van der Waals surface area contributed by atoms with E-state index < -0.39 is 0 Å². The summed E-state index contributed by atoms with van der Waals surface area (Å²) in [5.41, 5.74) is 1.53. The molecule has 1 heterocycles. The topological polar surface area (TPSA) is 9.23 Å². The lowest BCUT2D eigenvalue weighted by Gasteiger charge is -2.26. The van der Waals surface area contributed by atoms with Crippen LogP contribution in [-0.4, -0.2) is 17.6 Å². The molecule has 15 heavy (non-hydrogen) atoms. The quantitative estimate of drug-likeness (QED) is 0.673. The lowest BCUT2D eigenvalue weighted by molar-refractivity contribution is 0.104. The molecule has 2 aliphatic rings. The molecule has 2 atom stereocenters. The lowest BCUT2D eigenvalue weighted by Crippen LogP contribution is -2.24. The first kappa shape index (κ1) is 11.4. The molecular formula is C13H22OS. The molecule has 2 rings (SSSR count). The highest BCUT2D eigenvalue weighted by atomic mass is 32.2. The Balaban J connectivity index is 1.75. The van der Waals surface area contributed by atoms with E-state index in [1.807, 2.05) is 0 Å². The summed E-state index contributed by atoms with van der Waals surface area (Å²) < 4.78 is 5.89. The fourth-order valence-electron chi connectivity index (χ4n) is 2.40. The number of allylic oxidation sites excluding steroid dienone is 1. The maximum atomic E-state index is 5.89. The maximum absolute atomic E-state index is 5.89. The van der Waals surface area contributed by atoms with Crippen molar-refractivity contribution >= 4 is 11.8 Å². The molecule has 0 bridgehead atoms. The fourth-order valence-corrected chi connectivity index (χ4v) is 3.68. The van der Waals surface area contributed by atoms with Crippen molar-refractivity contribution in [1.82, 2.24) is 0 Å². The predicted octanol–water partition coefficient (Wildman–Crippen LogP) is 3.99. The Bertz CT molecular complexity index is 211. The van der Waals surface area contributed by atoms with Crippen LogP contribution in [0.4, 0.5) is 0 Å². The number of hydrogen-bond donors (Lipinski definition) is 0. The molecule has 0 spiro atoms. The van der Waals surface area contributed by atoms with E-state index in [1.165, 1.54) is 55.6 Å². The second-order valence-electron chi connectivity index (χ2n) is 4.80. The Morgan fingerprint density at radius 1 is 1.33 bits per heavy atom. The van der Waals surface area contributed by atoms with Crippen molar-refractivity contribution in [1.29, 1.82) is 0 Å². The molecule has 1 saturated carbocycles. The summed E-state index contributed by atoms with van der Waals surface area (Å²) >= 11 is 2.09. The molecule has 1 aliphatic heterocycles. The van der Waals surface area contributed by atoms with Crippen molar-refractivity contribution in [3.05, 3.63) is 11.8 Å². The van der Waals surface area contributed by atoms with Crippen LogP contribution in [0.3, 0.4) is 0 Å². The number of rotatable bonds is 3. The minimum Gasteiger partial charge on any atom is -0.498 e. The zero-order valence-corrected chi connectivity index (χ0v) is 10.5. The highest BCUT2D eigenvalue weighted by Gasteiger charge is 2.21. The largest absolute Gasteiger partial charge is 0.498 e. The van der Waals surface area contributed by atoms with Gasteiger partial charge in [0.15, 0.2) is 0 Å². The first-order chi connectivity index (χ1) is 7.36. The maximum Gasteiger partial charge on any atom is 0.0986 e. The molecule has 0 N–H and O–H groups in total. The van der Waals surface area contributed by atoms with Gasteiger partial charge in [-0.15, -0.1) is 0 Å². The summed E-state index contributed by atoms with van der Waals surface area (Å²) in [5.74, 6) is 3.43.